The van der Waals surface area contributed by atoms with E-state index < -0.39 is 0 Å². The Kier molecular flexibility index (Phi) is 4.62. The largest absolute Gasteiger partial charge is 0.488 e. The molecule has 0 radical (unpaired) electrons. The van der Waals surface area contributed by atoms with E-state index in [1.807, 2.05) is 29.6 Å². The third kappa shape index (κ3) is 3.31. The fourth-order valence-corrected chi connectivity index (χ4v) is 3.16. The van der Waals surface area contributed by atoms with Crippen molar-refractivity contribution in [2.24, 2.45) is 5.73 Å². The molecule has 0 aliphatic rings. The Morgan fingerprint density at radius 2 is 2.00 bits per heavy atom. The Balaban J connectivity index is 2.07. The maximum Gasteiger partial charge on any atom is 0.124 e. The van der Waals surface area contributed by atoms with Crippen LogP contribution in [0.1, 0.15) is 10.4 Å². The molecule has 0 aliphatic heterocycles. The molecule has 5 heteroatoms. The van der Waals surface area contributed by atoms with Crippen LogP contribution >= 0.6 is 43.2 Å². The van der Waals surface area contributed by atoms with E-state index in [2.05, 4.69) is 31.9 Å². The molecule has 0 unspecified atom stereocenters. The number of ether oxygens (including phenoxy) is 1. The number of hydrogen-bond donors (Lipinski definition) is 1. The zero-order valence-electron chi connectivity index (χ0n) is 8.95. The van der Waals surface area contributed by atoms with Gasteiger partial charge < -0.3 is 10.5 Å². The van der Waals surface area contributed by atoms with E-state index >= 15 is 0 Å². The topological polar surface area (TPSA) is 35.2 Å². The van der Waals surface area contributed by atoms with E-state index in [0.717, 1.165) is 20.3 Å². The van der Waals surface area contributed by atoms with Crippen LogP contribution in [0.5, 0.6) is 5.75 Å². The summed E-state index contributed by atoms with van der Waals surface area (Å²) in [5.41, 5.74) is 6.69. The van der Waals surface area contributed by atoms with Gasteiger partial charge in [0, 0.05) is 15.5 Å². The summed E-state index contributed by atoms with van der Waals surface area (Å²) in [6, 6.07) is 7.88. The van der Waals surface area contributed by atoms with E-state index in [-0.39, 0.29) is 0 Å². The average Bonchev–Trinajstić information content (AvgIpc) is 2.74. The average molecular weight is 377 g/mol. The molecule has 0 saturated carbocycles. The van der Waals surface area contributed by atoms with Gasteiger partial charge in [0.1, 0.15) is 12.4 Å². The second-order valence-corrected chi connectivity index (χ2v) is 6.15. The Labute approximate surface area is 121 Å². The third-order valence-corrected chi connectivity index (χ3v) is 4.97. The lowest BCUT2D eigenvalue weighted by Gasteiger charge is -2.08. The molecule has 17 heavy (non-hydrogen) atoms. The van der Waals surface area contributed by atoms with Gasteiger partial charge in [0.2, 0.25) is 0 Å². The van der Waals surface area contributed by atoms with Crippen LogP contribution in [0.4, 0.5) is 0 Å². The van der Waals surface area contributed by atoms with E-state index in [4.69, 9.17) is 10.5 Å². The molecule has 2 aromatic rings. The van der Waals surface area contributed by atoms with Crippen molar-refractivity contribution in [3.63, 3.8) is 0 Å². The molecule has 0 spiro atoms. The number of halogens is 2. The van der Waals surface area contributed by atoms with Crippen molar-refractivity contribution in [2.75, 3.05) is 0 Å². The smallest absolute Gasteiger partial charge is 0.124 e. The predicted molar refractivity (Wildman–Crippen MR) is 78.4 cm³/mol. The molecule has 2 N–H and O–H groups in total. The lowest BCUT2D eigenvalue weighted by atomic mass is 10.2. The van der Waals surface area contributed by atoms with Crippen molar-refractivity contribution < 1.29 is 4.74 Å². The lowest BCUT2D eigenvalue weighted by molar-refractivity contribution is 0.309. The summed E-state index contributed by atoms with van der Waals surface area (Å²) in [7, 11) is 0. The second-order valence-electron chi connectivity index (χ2n) is 3.44. The summed E-state index contributed by atoms with van der Waals surface area (Å²) in [6.45, 7) is 1.07. The van der Waals surface area contributed by atoms with Crippen LogP contribution < -0.4 is 10.5 Å². The van der Waals surface area contributed by atoms with Crippen molar-refractivity contribution in [2.45, 2.75) is 13.2 Å². The number of thiophene rings is 1. The molecule has 0 aliphatic carbocycles. The zero-order chi connectivity index (χ0) is 12.3. The van der Waals surface area contributed by atoms with Crippen LogP contribution in [0.2, 0.25) is 0 Å². The molecular formula is C12H11Br2NOS. The fourth-order valence-electron chi connectivity index (χ4n) is 1.37. The minimum Gasteiger partial charge on any atom is -0.488 e. The van der Waals surface area contributed by atoms with E-state index in [9.17, 15) is 0 Å². The van der Waals surface area contributed by atoms with Gasteiger partial charge in [-0.1, -0.05) is 15.9 Å². The van der Waals surface area contributed by atoms with Gasteiger partial charge in [-0.05, 0) is 51.1 Å². The maximum atomic E-state index is 5.73. The monoisotopic (exact) mass is 375 g/mol. The molecule has 90 valence electrons. The molecule has 1 aromatic heterocycles. The first-order chi connectivity index (χ1) is 8.20. The molecule has 0 bridgehead atoms. The molecule has 1 heterocycles. The normalized spacial score (nSPS) is 10.5. The molecular weight excluding hydrogens is 366 g/mol. The number of nitrogens with two attached hydrogens (primary N) is 1. The minimum absolute atomic E-state index is 0.500. The summed E-state index contributed by atoms with van der Waals surface area (Å²) in [6.07, 6.45) is 0. The SMILES string of the molecule is NCc1cc(OCc2sccc2Br)ccc1Br. The van der Waals surface area contributed by atoms with Crippen LogP contribution in [-0.2, 0) is 13.2 Å². The van der Waals surface area contributed by atoms with Crippen molar-refractivity contribution in [3.8, 4) is 5.75 Å². The highest BCUT2D eigenvalue weighted by Gasteiger charge is 2.04. The van der Waals surface area contributed by atoms with Gasteiger partial charge in [-0.2, -0.15) is 0 Å². The molecule has 0 fully saturated rings. The molecule has 0 saturated heterocycles. The van der Waals surface area contributed by atoms with Crippen LogP contribution in [0.3, 0.4) is 0 Å². The first kappa shape index (κ1) is 13.1. The van der Waals surface area contributed by atoms with Crippen LogP contribution in [0.15, 0.2) is 38.6 Å². The molecule has 1 aromatic carbocycles. The Morgan fingerprint density at radius 1 is 1.18 bits per heavy atom. The Morgan fingerprint density at radius 3 is 2.65 bits per heavy atom. The number of benzene rings is 1. The lowest BCUT2D eigenvalue weighted by Crippen LogP contribution is -1.99. The van der Waals surface area contributed by atoms with Gasteiger partial charge in [-0.25, -0.2) is 0 Å². The summed E-state index contributed by atoms with van der Waals surface area (Å²) in [4.78, 5) is 1.18. The van der Waals surface area contributed by atoms with Crippen LogP contribution in [-0.4, -0.2) is 0 Å². The Hall–Kier alpha value is -0.360. The van der Waals surface area contributed by atoms with Gasteiger partial charge in [0.05, 0.1) is 4.88 Å². The maximum absolute atomic E-state index is 5.73. The first-order valence-electron chi connectivity index (χ1n) is 5.04. The molecule has 0 amide bonds. The van der Waals surface area contributed by atoms with Crippen molar-refractivity contribution >= 4 is 43.2 Å². The quantitative estimate of drug-likeness (QED) is 0.862. The van der Waals surface area contributed by atoms with Crippen molar-refractivity contribution in [1.82, 2.24) is 0 Å². The predicted octanol–water partition coefficient (Wildman–Crippen LogP) is 4.31. The van der Waals surface area contributed by atoms with Crippen LogP contribution in [0.25, 0.3) is 0 Å². The van der Waals surface area contributed by atoms with E-state index in [1.54, 1.807) is 11.3 Å². The van der Waals surface area contributed by atoms with Gasteiger partial charge in [0.25, 0.3) is 0 Å². The van der Waals surface area contributed by atoms with Crippen molar-refractivity contribution in [1.29, 1.82) is 0 Å². The first-order valence-corrected chi connectivity index (χ1v) is 7.50. The second kappa shape index (κ2) is 6.00. The van der Waals surface area contributed by atoms with Gasteiger partial charge in [0.15, 0.2) is 0 Å². The highest BCUT2D eigenvalue weighted by molar-refractivity contribution is 9.10. The van der Waals surface area contributed by atoms with Gasteiger partial charge in [-0.15, -0.1) is 11.3 Å². The molecule has 2 nitrogen and oxygen atoms in total. The molecule has 0 atom stereocenters. The van der Waals surface area contributed by atoms with E-state index in [1.165, 1.54) is 4.88 Å². The fraction of sp³-hybridized carbons (Fsp3) is 0.167. The van der Waals surface area contributed by atoms with E-state index in [0.29, 0.717) is 13.2 Å². The number of rotatable bonds is 4. The van der Waals surface area contributed by atoms with Crippen molar-refractivity contribution in [3.05, 3.63) is 49.0 Å². The van der Waals surface area contributed by atoms with Gasteiger partial charge >= 0.3 is 0 Å². The minimum atomic E-state index is 0.500. The highest BCUT2D eigenvalue weighted by Crippen LogP contribution is 2.26. The van der Waals surface area contributed by atoms with Crippen LogP contribution in [0, 0.1) is 0 Å². The molecule has 2 rings (SSSR count). The summed E-state index contributed by atoms with van der Waals surface area (Å²) in [5.74, 6) is 0.842. The Bertz CT molecular complexity index is 513. The summed E-state index contributed by atoms with van der Waals surface area (Å²) in [5, 5.41) is 2.04. The number of hydrogen-bond acceptors (Lipinski definition) is 3. The summed E-state index contributed by atoms with van der Waals surface area (Å²) >= 11 is 8.61. The zero-order valence-corrected chi connectivity index (χ0v) is 12.9. The summed E-state index contributed by atoms with van der Waals surface area (Å²) < 4.78 is 7.85. The third-order valence-electron chi connectivity index (χ3n) is 2.30. The van der Waals surface area contributed by atoms with Gasteiger partial charge in [-0.3, -0.25) is 0 Å². The highest BCUT2D eigenvalue weighted by atomic mass is 79.9. The standard InChI is InChI=1S/C12H11Br2NOS/c13-10-2-1-9(5-8(10)6-15)16-7-12-11(14)3-4-17-12/h1-5H,6-7,15H2.